The van der Waals surface area contributed by atoms with Crippen LogP contribution in [0.4, 0.5) is 5.69 Å². The van der Waals surface area contributed by atoms with Crippen LogP contribution >= 0.6 is 0 Å². The fraction of sp³-hybridized carbons (Fsp3) is 0.400. The lowest BCUT2D eigenvalue weighted by Gasteiger charge is -2.07. The third-order valence-corrected chi connectivity index (χ3v) is 2.26. The number of rotatable bonds is 2. The number of hydrogen-bond donors (Lipinski definition) is 2. The molecule has 1 heterocycles. The van der Waals surface area contributed by atoms with Crippen LogP contribution in [0.1, 0.15) is 18.1 Å². The highest BCUT2D eigenvalue weighted by Crippen LogP contribution is 2.23. The SMILES string of the molecule is CCNc1cccc2c1CNC2. The van der Waals surface area contributed by atoms with E-state index in [0.717, 1.165) is 19.6 Å². The predicted octanol–water partition coefficient (Wildman–Crippen LogP) is 1.72. The number of hydrogen-bond acceptors (Lipinski definition) is 2. The molecule has 1 aromatic rings. The zero-order chi connectivity index (χ0) is 8.39. The van der Waals surface area contributed by atoms with E-state index >= 15 is 0 Å². The van der Waals surface area contributed by atoms with E-state index in [4.69, 9.17) is 0 Å². The van der Waals surface area contributed by atoms with Crippen LogP contribution in [0.5, 0.6) is 0 Å². The Morgan fingerprint density at radius 1 is 1.42 bits per heavy atom. The van der Waals surface area contributed by atoms with E-state index in [1.165, 1.54) is 16.8 Å². The molecule has 0 unspecified atom stereocenters. The van der Waals surface area contributed by atoms with Crippen LogP contribution in [0, 0.1) is 0 Å². The summed E-state index contributed by atoms with van der Waals surface area (Å²) in [6, 6.07) is 6.45. The molecule has 2 nitrogen and oxygen atoms in total. The minimum absolute atomic E-state index is 0.996. The summed E-state index contributed by atoms with van der Waals surface area (Å²) in [7, 11) is 0. The lowest BCUT2D eigenvalue weighted by molar-refractivity contribution is 0.765. The van der Waals surface area contributed by atoms with Gasteiger partial charge in [-0.05, 0) is 24.1 Å². The van der Waals surface area contributed by atoms with Gasteiger partial charge in [0.15, 0.2) is 0 Å². The van der Waals surface area contributed by atoms with E-state index in [1.807, 2.05) is 0 Å². The summed E-state index contributed by atoms with van der Waals surface area (Å²) >= 11 is 0. The van der Waals surface area contributed by atoms with Gasteiger partial charge in [0.05, 0.1) is 0 Å². The van der Waals surface area contributed by atoms with Crippen molar-refractivity contribution in [2.24, 2.45) is 0 Å². The van der Waals surface area contributed by atoms with Crippen LogP contribution in [0.2, 0.25) is 0 Å². The molecular weight excluding hydrogens is 148 g/mol. The monoisotopic (exact) mass is 162 g/mol. The van der Waals surface area contributed by atoms with E-state index in [-0.39, 0.29) is 0 Å². The fourth-order valence-corrected chi connectivity index (χ4v) is 1.69. The van der Waals surface area contributed by atoms with Crippen molar-refractivity contribution < 1.29 is 0 Å². The van der Waals surface area contributed by atoms with Crippen molar-refractivity contribution >= 4 is 5.69 Å². The maximum absolute atomic E-state index is 3.37. The molecule has 0 atom stereocenters. The third kappa shape index (κ3) is 1.18. The molecule has 2 heteroatoms. The van der Waals surface area contributed by atoms with Gasteiger partial charge in [0.1, 0.15) is 0 Å². The molecule has 0 saturated carbocycles. The Hall–Kier alpha value is -1.02. The lowest BCUT2D eigenvalue weighted by Crippen LogP contribution is -2.02. The highest BCUT2D eigenvalue weighted by Gasteiger charge is 2.12. The zero-order valence-electron chi connectivity index (χ0n) is 7.35. The molecule has 0 aromatic heterocycles. The molecule has 64 valence electrons. The third-order valence-electron chi connectivity index (χ3n) is 2.26. The summed E-state index contributed by atoms with van der Waals surface area (Å²) in [4.78, 5) is 0. The van der Waals surface area contributed by atoms with Crippen LogP contribution in [0.3, 0.4) is 0 Å². The van der Waals surface area contributed by atoms with Crippen molar-refractivity contribution in [1.82, 2.24) is 5.32 Å². The molecule has 0 spiro atoms. The van der Waals surface area contributed by atoms with Gasteiger partial charge >= 0.3 is 0 Å². The van der Waals surface area contributed by atoms with Gasteiger partial charge in [0.2, 0.25) is 0 Å². The molecule has 0 radical (unpaired) electrons. The molecule has 1 aliphatic rings. The van der Waals surface area contributed by atoms with Crippen LogP contribution in [-0.4, -0.2) is 6.54 Å². The molecule has 0 fully saturated rings. The van der Waals surface area contributed by atoms with Crippen molar-refractivity contribution in [2.75, 3.05) is 11.9 Å². The fourth-order valence-electron chi connectivity index (χ4n) is 1.69. The van der Waals surface area contributed by atoms with Gasteiger partial charge in [-0.25, -0.2) is 0 Å². The minimum atomic E-state index is 0.996. The number of benzene rings is 1. The van der Waals surface area contributed by atoms with Gasteiger partial charge in [0.25, 0.3) is 0 Å². The van der Waals surface area contributed by atoms with Crippen molar-refractivity contribution in [2.45, 2.75) is 20.0 Å². The maximum atomic E-state index is 3.37. The first kappa shape index (κ1) is 7.62. The standard InChI is InChI=1S/C10H14N2/c1-2-12-10-5-3-4-8-6-11-7-9(8)10/h3-5,11-12H,2,6-7H2,1H3. The first-order valence-corrected chi connectivity index (χ1v) is 4.47. The normalized spacial score (nSPS) is 14.4. The first-order valence-electron chi connectivity index (χ1n) is 4.47. The molecule has 12 heavy (non-hydrogen) atoms. The molecule has 0 bridgehead atoms. The molecule has 2 rings (SSSR count). The van der Waals surface area contributed by atoms with Crippen molar-refractivity contribution in [3.63, 3.8) is 0 Å². The van der Waals surface area contributed by atoms with Gasteiger partial charge < -0.3 is 10.6 Å². The van der Waals surface area contributed by atoms with E-state index in [0.29, 0.717) is 0 Å². The quantitative estimate of drug-likeness (QED) is 0.692. The van der Waals surface area contributed by atoms with Gasteiger partial charge in [-0.1, -0.05) is 12.1 Å². The smallest absolute Gasteiger partial charge is 0.0388 e. The van der Waals surface area contributed by atoms with Crippen LogP contribution in [0.25, 0.3) is 0 Å². The van der Waals surface area contributed by atoms with E-state index in [2.05, 4.69) is 35.8 Å². The van der Waals surface area contributed by atoms with Gasteiger partial charge in [-0.15, -0.1) is 0 Å². The molecule has 1 aliphatic heterocycles. The minimum Gasteiger partial charge on any atom is -0.385 e. The average molecular weight is 162 g/mol. The Morgan fingerprint density at radius 3 is 3.17 bits per heavy atom. The lowest BCUT2D eigenvalue weighted by atomic mass is 10.1. The Balaban J connectivity index is 2.36. The van der Waals surface area contributed by atoms with Crippen LogP contribution in [0.15, 0.2) is 18.2 Å². The van der Waals surface area contributed by atoms with Crippen molar-refractivity contribution in [3.05, 3.63) is 29.3 Å². The summed E-state index contributed by atoms with van der Waals surface area (Å²) in [6.45, 7) is 5.16. The summed E-state index contributed by atoms with van der Waals surface area (Å²) in [5, 5.41) is 6.71. The Labute approximate surface area is 73.0 Å². The van der Waals surface area contributed by atoms with Gasteiger partial charge in [-0.2, -0.15) is 0 Å². The first-order chi connectivity index (χ1) is 5.92. The van der Waals surface area contributed by atoms with Crippen molar-refractivity contribution in [3.8, 4) is 0 Å². The van der Waals surface area contributed by atoms with Gasteiger partial charge in [-0.3, -0.25) is 0 Å². The zero-order valence-corrected chi connectivity index (χ0v) is 7.35. The summed E-state index contributed by atoms with van der Waals surface area (Å²) in [5.41, 5.74) is 4.17. The number of fused-ring (bicyclic) bond motifs is 1. The Kier molecular flexibility index (Phi) is 2.00. The van der Waals surface area contributed by atoms with Gasteiger partial charge in [0, 0.05) is 25.3 Å². The van der Waals surface area contributed by atoms with E-state index in [9.17, 15) is 0 Å². The highest BCUT2D eigenvalue weighted by atomic mass is 14.9. The molecular formula is C10H14N2. The number of anilines is 1. The second-order valence-corrected chi connectivity index (χ2v) is 3.08. The molecule has 0 amide bonds. The topological polar surface area (TPSA) is 24.1 Å². The maximum Gasteiger partial charge on any atom is 0.0388 e. The highest BCUT2D eigenvalue weighted by molar-refractivity contribution is 5.55. The summed E-state index contributed by atoms with van der Waals surface area (Å²) in [5.74, 6) is 0. The second kappa shape index (κ2) is 3.15. The largest absolute Gasteiger partial charge is 0.385 e. The molecule has 2 N–H and O–H groups in total. The number of nitrogens with one attached hydrogen (secondary N) is 2. The van der Waals surface area contributed by atoms with E-state index < -0.39 is 0 Å². The average Bonchev–Trinajstić information content (AvgIpc) is 2.53. The second-order valence-electron chi connectivity index (χ2n) is 3.08. The van der Waals surface area contributed by atoms with Crippen LogP contribution < -0.4 is 10.6 Å². The molecule has 1 aromatic carbocycles. The summed E-state index contributed by atoms with van der Waals surface area (Å²) < 4.78 is 0. The molecule has 0 saturated heterocycles. The van der Waals surface area contributed by atoms with Crippen LogP contribution in [-0.2, 0) is 13.1 Å². The van der Waals surface area contributed by atoms with Crippen molar-refractivity contribution in [1.29, 1.82) is 0 Å². The summed E-state index contributed by atoms with van der Waals surface area (Å²) in [6.07, 6.45) is 0. The predicted molar refractivity (Wildman–Crippen MR) is 51.1 cm³/mol. The molecule has 0 aliphatic carbocycles. The Morgan fingerprint density at radius 2 is 2.33 bits per heavy atom. The van der Waals surface area contributed by atoms with E-state index in [1.54, 1.807) is 0 Å². The Bertz CT molecular complexity index is 281.